The maximum Gasteiger partial charge on any atom is 0.239 e. The number of nitrogens with two attached hydrogens (primary N) is 1. The minimum Gasteiger partial charge on any atom is -0.352 e. The molecular formula is C16H23N3O2. The normalized spacial score (nSPS) is 15.3. The Morgan fingerprint density at radius 2 is 2.00 bits per heavy atom. The van der Waals surface area contributed by atoms with E-state index < -0.39 is 6.04 Å². The van der Waals surface area contributed by atoms with E-state index in [0.29, 0.717) is 12.5 Å². The van der Waals surface area contributed by atoms with Gasteiger partial charge in [-0.2, -0.15) is 0 Å². The molecule has 1 aliphatic rings. The molecule has 0 spiro atoms. The van der Waals surface area contributed by atoms with Gasteiger partial charge in [-0.05, 0) is 31.2 Å². The number of benzene rings is 1. The van der Waals surface area contributed by atoms with Crippen molar-refractivity contribution in [1.82, 2.24) is 10.2 Å². The summed E-state index contributed by atoms with van der Waals surface area (Å²) in [5.74, 6) is -0.291. The Morgan fingerprint density at radius 3 is 2.62 bits per heavy atom. The smallest absolute Gasteiger partial charge is 0.239 e. The molecule has 0 heterocycles. The highest BCUT2D eigenvalue weighted by molar-refractivity contribution is 5.87. The Hall–Kier alpha value is -1.88. The molecule has 5 heteroatoms. The third-order valence-corrected chi connectivity index (χ3v) is 3.60. The van der Waals surface area contributed by atoms with Gasteiger partial charge >= 0.3 is 0 Å². The molecule has 0 unspecified atom stereocenters. The number of carbonyl (C=O) groups excluding carboxylic acids is 2. The number of likely N-dealkylation sites (N-methyl/N-ethyl adjacent to an activating group) is 1. The minimum absolute atomic E-state index is 0.0777. The van der Waals surface area contributed by atoms with Gasteiger partial charge in [0.2, 0.25) is 11.8 Å². The van der Waals surface area contributed by atoms with Gasteiger partial charge in [-0.15, -0.1) is 0 Å². The number of nitrogens with one attached hydrogen (secondary N) is 1. The average Bonchev–Trinajstić information content (AvgIpc) is 3.28. The predicted molar refractivity (Wildman–Crippen MR) is 81.5 cm³/mol. The van der Waals surface area contributed by atoms with Crippen molar-refractivity contribution >= 4 is 11.8 Å². The summed E-state index contributed by atoms with van der Waals surface area (Å²) in [6.45, 7) is 0.0777. The molecule has 21 heavy (non-hydrogen) atoms. The highest BCUT2D eigenvalue weighted by Gasteiger charge is 2.25. The van der Waals surface area contributed by atoms with Crippen LogP contribution in [0, 0.1) is 0 Å². The first-order valence-corrected chi connectivity index (χ1v) is 7.40. The third-order valence-electron chi connectivity index (χ3n) is 3.60. The predicted octanol–water partition coefficient (Wildman–Crippen LogP) is 0.684. The van der Waals surface area contributed by atoms with Crippen LogP contribution in [-0.4, -0.2) is 42.4 Å². The molecule has 1 aliphatic carbocycles. The molecule has 114 valence electrons. The van der Waals surface area contributed by atoms with Gasteiger partial charge < -0.3 is 16.0 Å². The molecular weight excluding hydrogens is 266 g/mol. The maximum absolute atomic E-state index is 12.1. The fourth-order valence-corrected chi connectivity index (χ4v) is 2.17. The van der Waals surface area contributed by atoms with E-state index in [-0.39, 0.29) is 18.4 Å². The SMILES string of the molecule is CN(CC(=O)NC1CC1)C(=O)[C@@H](N)CCc1ccccc1. The molecule has 2 amide bonds. The van der Waals surface area contributed by atoms with E-state index in [1.54, 1.807) is 7.05 Å². The van der Waals surface area contributed by atoms with Gasteiger partial charge in [0.1, 0.15) is 0 Å². The van der Waals surface area contributed by atoms with Crippen molar-refractivity contribution in [2.45, 2.75) is 37.8 Å². The van der Waals surface area contributed by atoms with Crippen LogP contribution in [0.2, 0.25) is 0 Å². The Morgan fingerprint density at radius 1 is 1.33 bits per heavy atom. The van der Waals surface area contributed by atoms with E-state index in [9.17, 15) is 9.59 Å². The van der Waals surface area contributed by atoms with Crippen LogP contribution >= 0.6 is 0 Å². The largest absolute Gasteiger partial charge is 0.352 e. The highest BCUT2D eigenvalue weighted by atomic mass is 16.2. The number of hydrogen-bond donors (Lipinski definition) is 2. The first-order valence-electron chi connectivity index (χ1n) is 7.40. The molecule has 0 aromatic heterocycles. The topological polar surface area (TPSA) is 75.4 Å². The number of amides is 2. The number of rotatable bonds is 7. The van der Waals surface area contributed by atoms with Crippen molar-refractivity contribution in [3.8, 4) is 0 Å². The fourth-order valence-electron chi connectivity index (χ4n) is 2.17. The van der Waals surface area contributed by atoms with Crippen molar-refractivity contribution in [1.29, 1.82) is 0 Å². The van der Waals surface area contributed by atoms with Gasteiger partial charge in [-0.3, -0.25) is 9.59 Å². The van der Waals surface area contributed by atoms with Crippen LogP contribution in [0.1, 0.15) is 24.8 Å². The standard InChI is InChI=1S/C16H23N3O2/c1-19(11-15(20)18-13-8-9-13)16(21)14(17)10-7-12-5-3-2-4-6-12/h2-6,13-14H,7-11,17H2,1H3,(H,18,20)/t14-/m0/s1. The average molecular weight is 289 g/mol. The van der Waals surface area contributed by atoms with Crippen LogP contribution in [-0.2, 0) is 16.0 Å². The van der Waals surface area contributed by atoms with Crippen LogP contribution in [0.4, 0.5) is 0 Å². The van der Waals surface area contributed by atoms with Crippen LogP contribution in [0.25, 0.3) is 0 Å². The molecule has 5 nitrogen and oxygen atoms in total. The Balaban J connectivity index is 1.73. The molecule has 0 bridgehead atoms. The lowest BCUT2D eigenvalue weighted by molar-refractivity contribution is -0.135. The van der Waals surface area contributed by atoms with Crippen LogP contribution < -0.4 is 11.1 Å². The number of carbonyl (C=O) groups is 2. The molecule has 0 aliphatic heterocycles. The van der Waals surface area contributed by atoms with Crippen LogP contribution in [0.3, 0.4) is 0 Å². The Bertz CT molecular complexity index is 486. The second-order valence-electron chi connectivity index (χ2n) is 5.67. The third kappa shape index (κ3) is 5.19. The molecule has 1 aromatic carbocycles. The van der Waals surface area contributed by atoms with Crippen molar-refractivity contribution < 1.29 is 9.59 Å². The van der Waals surface area contributed by atoms with Gasteiger partial charge in [0.15, 0.2) is 0 Å². The molecule has 3 N–H and O–H groups in total. The zero-order valence-corrected chi connectivity index (χ0v) is 12.4. The first kappa shape index (κ1) is 15.5. The lowest BCUT2D eigenvalue weighted by Crippen LogP contribution is -2.46. The van der Waals surface area contributed by atoms with Crippen LogP contribution in [0.5, 0.6) is 0 Å². The molecule has 1 fully saturated rings. The van der Waals surface area contributed by atoms with E-state index >= 15 is 0 Å². The van der Waals surface area contributed by atoms with E-state index in [2.05, 4.69) is 5.32 Å². The molecule has 1 aromatic rings. The van der Waals surface area contributed by atoms with Gasteiger partial charge in [-0.1, -0.05) is 30.3 Å². The Labute approximate surface area is 125 Å². The van der Waals surface area contributed by atoms with E-state index in [4.69, 9.17) is 5.73 Å². The zero-order valence-electron chi connectivity index (χ0n) is 12.4. The second-order valence-corrected chi connectivity index (χ2v) is 5.67. The lowest BCUT2D eigenvalue weighted by atomic mass is 10.1. The summed E-state index contributed by atoms with van der Waals surface area (Å²) < 4.78 is 0. The summed E-state index contributed by atoms with van der Waals surface area (Å²) in [5.41, 5.74) is 7.09. The Kier molecular flexibility index (Phi) is 5.33. The van der Waals surface area contributed by atoms with Gasteiger partial charge in [-0.25, -0.2) is 0 Å². The number of nitrogens with zero attached hydrogens (tertiary/aromatic N) is 1. The summed E-state index contributed by atoms with van der Waals surface area (Å²) in [6.07, 6.45) is 3.42. The summed E-state index contributed by atoms with van der Waals surface area (Å²) >= 11 is 0. The zero-order chi connectivity index (χ0) is 15.2. The monoisotopic (exact) mass is 289 g/mol. The van der Waals surface area contributed by atoms with E-state index in [1.807, 2.05) is 30.3 Å². The number of aryl methyl sites for hydroxylation is 1. The molecule has 0 saturated heterocycles. The van der Waals surface area contributed by atoms with Gasteiger partial charge in [0.25, 0.3) is 0 Å². The quantitative estimate of drug-likeness (QED) is 0.775. The molecule has 0 radical (unpaired) electrons. The number of hydrogen-bond acceptors (Lipinski definition) is 3. The minimum atomic E-state index is -0.566. The summed E-state index contributed by atoms with van der Waals surface area (Å²) in [6, 6.07) is 9.68. The highest BCUT2D eigenvalue weighted by Crippen LogP contribution is 2.18. The summed E-state index contributed by atoms with van der Waals surface area (Å²) in [7, 11) is 1.62. The van der Waals surface area contributed by atoms with Crippen LogP contribution in [0.15, 0.2) is 30.3 Å². The maximum atomic E-state index is 12.1. The summed E-state index contributed by atoms with van der Waals surface area (Å²) in [5, 5.41) is 2.86. The molecule has 1 atom stereocenters. The van der Waals surface area contributed by atoms with Gasteiger partial charge in [0, 0.05) is 13.1 Å². The van der Waals surface area contributed by atoms with Crippen molar-refractivity contribution in [2.24, 2.45) is 5.73 Å². The van der Waals surface area contributed by atoms with Crippen molar-refractivity contribution in [3.63, 3.8) is 0 Å². The van der Waals surface area contributed by atoms with Crippen molar-refractivity contribution in [3.05, 3.63) is 35.9 Å². The van der Waals surface area contributed by atoms with Gasteiger partial charge in [0.05, 0.1) is 12.6 Å². The molecule has 2 rings (SSSR count). The first-order chi connectivity index (χ1) is 10.1. The molecule has 1 saturated carbocycles. The van der Waals surface area contributed by atoms with E-state index in [1.165, 1.54) is 4.90 Å². The fraction of sp³-hybridized carbons (Fsp3) is 0.500. The van der Waals surface area contributed by atoms with Crippen molar-refractivity contribution in [2.75, 3.05) is 13.6 Å². The second kappa shape index (κ2) is 7.22. The summed E-state index contributed by atoms with van der Waals surface area (Å²) in [4.78, 5) is 25.2. The lowest BCUT2D eigenvalue weighted by Gasteiger charge is -2.21. The van der Waals surface area contributed by atoms with E-state index in [0.717, 1.165) is 24.8 Å².